The molecule has 1 aliphatic rings. The van der Waals surface area contributed by atoms with Gasteiger partial charge in [0.1, 0.15) is 29.6 Å². The number of nitrogens with zero attached hydrogens (tertiary/aromatic N) is 3. The van der Waals surface area contributed by atoms with Crippen LogP contribution in [0.2, 0.25) is 0 Å². The number of ether oxygens (including phenoxy) is 1. The van der Waals surface area contributed by atoms with Crippen LogP contribution in [0.25, 0.3) is 11.2 Å². The van der Waals surface area contributed by atoms with Gasteiger partial charge in [0.2, 0.25) is 0 Å². The van der Waals surface area contributed by atoms with E-state index in [9.17, 15) is 15.0 Å². The first-order chi connectivity index (χ1) is 9.52. The Morgan fingerprint density at radius 2 is 2.20 bits per heavy atom. The molecule has 0 aliphatic carbocycles. The lowest BCUT2D eigenvalue weighted by atomic mass is 10.1. The molecule has 10 nitrogen and oxygen atoms in total. The molecule has 1 fully saturated rings. The predicted molar refractivity (Wildman–Crippen MR) is 65.6 cm³/mol. The van der Waals surface area contributed by atoms with Crippen LogP contribution in [0.5, 0.6) is 0 Å². The molecule has 108 valence electrons. The van der Waals surface area contributed by atoms with E-state index in [4.69, 9.17) is 15.6 Å². The summed E-state index contributed by atoms with van der Waals surface area (Å²) in [7, 11) is 0. The Balaban J connectivity index is 2.09. The van der Waals surface area contributed by atoms with Crippen LogP contribution >= 0.6 is 0 Å². The number of nitrogen functional groups attached to an aromatic ring is 1. The van der Waals surface area contributed by atoms with Gasteiger partial charge in [-0.2, -0.15) is 4.98 Å². The summed E-state index contributed by atoms with van der Waals surface area (Å²) in [5, 5.41) is 28.7. The fourth-order valence-electron chi connectivity index (χ4n) is 2.25. The van der Waals surface area contributed by atoms with Gasteiger partial charge in [-0.05, 0) is 0 Å². The summed E-state index contributed by atoms with van der Waals surface area (Å²) in [4.78, 5) is 21.4. The number of hydrogen-bond donors (Lipinski definition) is 5. The Bertz CT molecular complexity index is 697. The standard InChI is InChI=1S/C10H13N5O5/c11-7-4-8(14-10(19)13-7)15(2-12-4)9-6(18)5(17)3(1-16)20-9/h2-3,5-6,9,16-18H,1H2,(H3,11,13,14,19)/t3-,5-,6-,9?/m0/s1. The van der Waals surface area contributed by atoms with Gasteiger partial charge in [0.15, 0.2) is 11.9 Å². The van der Waals surface area contributed by atoms with Gasteiger partial charge in [-0.3, -0.25) is 9.55 Å². The smallest absolute Gasteiger partial charge is 0.348 e. The third-order valence-electron chi connectivity index (χ3n) is 3.26. The Kier molecular flexibility index (Phi) is 2.94. The lowest BCUT2D eigenvalue weighted by Gasteiger charge is -2.16. The molecule has 4 atom stereocenters. The van der Waals surface area contributed by atoms with Crippen molar-refractivity contribution in [1.29, 1.82) is 0 Å². The van der Waals surface area contributed by atoms with Crippen LogP contribution in [-0.2, 0) is 4.74 Å². The van der Waals surface area contributed by atoms with Gasteiger partial charge in [0, 0.05) is 0 Å². The number of aliphatic hydroxyl groups is 3. The fraction of sp³-hybridized carbons (Fsp3) is 0.500. The Morgan fingerprint density at radius 1 is 1.45 bits per heavy atom. The van der Waals surface area contributed by atoms with Crippen LogP contribution in [0.3, 0.4) is 0 Å². The maximum atomic E-state index is 11.4. The minimum atomic E-state index is -1.29. The number of aliphatic hydroxyl groups excluding tert-OH is 3. The van der Waals surface area contributed by atoms with Crippen LogP contribution in [0.4, 0.5) is 5.82 Å². The third kappa shape index (κ3) is 1.78. The molecule has 2 aromatic rings. The number of nitrogens with two attached hydrogens (primary N) is 1. The summed E-state index contributed by atoms with van der Waals surface area (Å²) in [6.45, 7) is -0.447. The molecule has 0 radical (unpaired) electrons. The van der Waals surface area contributed by atoms with Gasteiger partial charge in [0.05, 0.1) is 12.9 Å². The Labute approximate surface area is 111 Å². The summed E-state index contributed by atoms with van der Waals surface area (Å²) in [6, 6.07) is 0. The van der Waals surface area contributed by atoms with Crippen molar-refractivity contribution in [3.05, 3.63) is 16.8 Å². The molecular formula is C10H13N5O5. The molecule has 20 heavy (non-hydrogen) atoms. The van der Waals surface area contributed by atoms with Crippen molar-refractivity contribution in [3.8, 4) is 0 Å². The van der Waals surface area contributed by atoms with Gasteiger partial charge in [-0.25, -0.2) is 9.78 Å². The van der Waals surface area contributed by atoms with Crippen molar-refractivity contribution in [1.82, 2.24) is 19.5 Å². The molecule has 6 N–H and O–H groups in total. The van der Waals surface area contributed by atoms with Crippen molar-refractivity contribution in [2.75, 3.05) is 12.3 Å². The van der Waals surface area contributed by atoms with Gasteiger partial charge in [-0.15, -0.1) is 0 Å². The van der Waals surface area contributed by atoms with Crippen LogP contribution in [0.15, 0.2) is 11.1 Å². The van der Waals surface area contributed by atoms with Crippen LogP contribution in [0.1, 0.15) is 6.23 Å². The zero-order valence-electron chi connectivity index (χ0n) is 10.2. The average Bonchev–Trinajstić information content (AvgIpc) is 2.93. The van der Waals surface area contributed by atoms with Gasteiger partial charge in [-0.1, -0.05) is 0 Å². The van der Waals surface area contributed by atoms with Crippen molar-refractivity contribution >= 4 is 17.0 Å². The SMILES string of the molecule is Nc1[nH]c(=O)nc2c1ncn2C1O[C@@H](CO)[C@H](O)[C@@H]1O. The quantitative estimate of drug-likeness (QED) is 0.398. The number of rotatable bonds is 2. The molecule has 1 aliphatic heterocycles. The second-order valence-corrected chi connectivity index (χ2v) is 4.51. The molecule has 0 amide bonds. The molecule has 1 unspecified atom stereocenters. The minimum absolute atomic E-state index is 0.0468. The van der Waals surface area contributed by atoms with Crippen molar-refractivity contribution in [2.24, 2.45) is 0 Å². The van der Waals surface area contributed by atoms with Crippen molar-refractivity contribution in [2.45, 2.75) is 24.5 Å². The van der Waals surface area contributed by atoms with E-state index in [0.717, 1.165) is 0 Å². The zero-order valence-corrected chi connectivity index (χ0v) is 10.2. The molecule has 2 aromatic heterocycles. The first kappa shape index (κ1) is 13.0. The second kappa shape index (κ2) is 4.52. The molecule has 0 bridgehead atoms. The highest BCUT2D eigenvalue weighted by atomic mass is 16.6. The number of imidazole rings is 1. The van der Waals surface area contributed by atoms with Crippen LogP contribution in [0, 0.1) is 0 Å². The molecule has 1 saturated heterocycles. The van der Waals surface area contributed by atoms with Gasteiger partial charge in [0.25, 0.3) is 0 Å². The van der Waals surface area contributed by atoms with E-state index in [1.807, 2.05) is 0 Å². The minimum Gasteiger partial charge on any atom is -0.394 e. The molecule has 0 saturated carbocycles. The van der Waals surface area contributed by atoms with E-state index < -0.39 is 36.8 Å². The summed E-state index contributed by atoms with van der Waals surface area (Å²) >= 11 is 0. The lowest BCUT2D eigenvalue weighted by molar-refractivity contribution is -0.0511. The first-order valence-corrected chi connectivity index (χ1v) is 5.87. The molecule has 0 spiro atoms. The normalized spacial score (nSPS) is 30.1. The summed E-state index contributed by atoms with van der Waals surface area (Å²) < 4.78 is 6.64. The third-order valence-corrected chi connectivity index (χ3v) is 3.26. The zero-order chi connectivity index (χ0) is 14.4. The lowest BCUT2D eigenvalue weighted by Crippen LogP contribution is -2.33. The van der Waals surface area contributed by atoms with Crippen molar-refractivity contribution < 1.29 is 20.1 Å². The van der Waals surface area contributed by atoms with Gasteiger partial charge < -0.3 is 25.8 Å². The predicted octanol–water partition coefficient (Wildman–Crippen LogP) is -2.69. The fourth-order valence-corrected chi connectivity index (χ4v) is 2.25. The highest BCUT2D eigenvalue weighted by molar-refractivity contribution is 5.81. The molecule has 3 heterocycles. The van der Waals surface area contributed by atoms with Crippen molar-refractivity contribution in [3.63, 3.8) is 0 Å². The largest absolute Gasteiger partial charge is 0.394 e. The van der Waals surface area contributed by atoms with E-state index in [1.54, 1.807) is 0 Å². The van der Waals surface area contributed by atoms with E-state index in [0.29, 0.717) is 0 Å². The highest BCUT2D eigenvalue weighted by Gasteiger charge is 2.44. The number of nitrogens with one attached hydrogen (secondary N) is 1. The summed E-state index contributed by atoms with van der Waals surface area (Å²) in [5.74, 6) is 0.0468. The van der Waals surface area contributed by atoms with E-state index in [-0.39, 0.29) is 17.0 Å². The molecule has 0 aromatic carbocycles. The Morgan fingerprint density at radius 3 is 2.85 bits per heavy atom. The number of anilines is 1. The second-order valence-electron chi connectivity index (χ2n) is 4.51. The number of aromatic amines is 1. The number of H-pyrrole nitrogens is 1. The van der Waals surface area contributed by atoms with Crippen LogP contribution in [-0.4, -0.2) is 59.8 Å². The Hall–Kier alpha value is -2.01. The van der Waals surface area contributed by atoms with Gasteiger partial charge >= 0.3 is 5.69 Å². The maximum absolute atomic E-state index is 11.4. The average molecular weight is 283 g/mol. The molecular weight excluding hydrogens is 270 g/mol. The summed E-state index contributed by atoms with van der Waals surface area (Å²) in [5.41, 5.74) is 5.34. The maximum Gasteiger partial charge on any atom is 0.348 e. The summed E-state index contributed by atoms with van der Waals surface area (Å²) in [6.07, 6.45) is -3.18. The monoisotopic (exact) mass is 283 g/mol. The van der Waals surface area contributed by atoms with E-state index in [2.05, 4.69) is 15.0 Å². The molecule has 10 heteroatoms. The topological polar surface area (TPSA) is 160 Å². The van der Waals surface area contributed by atoms with Crippen LogP contribution < -0.4 is 11.4 Å². The number of hydrogen-bond acceptors (Lipinski definition) is 8. The first-order valence-electron chi connectivity index (χ1n) is 5.87. The van der Waals surface area contributed by atoms with E-state index >= 15 is 0 Å². The number of fused-ring (bicyclic) bond motifs is 1. The highest BCUT2D eigenvalue weighted by Crippen LogP contribution is 2.31. The number of aromatic nitrogens is 4. The molecule has 3 rings (SSSR count). The van der Waals surface area contributed by atoms with E-state index in [1.165, 1.54) is 10.9 Å².